The monoisotopic (exact) mass is 531 g/mol. The molecule has 1 amide bonds. The second-order valence-corrected chi connectivity index (χ2v) is 12.0. The molecule has 1 saturated heterocycles. The summed E-state index contributed by atoms with van der Waals surface area (Å²) in [6, 6.07) is 15.9. The number of esters is 1. The number of nitrogens with zero attached hydrogens (tertiary/aromatic N) is 1. The van der Waals surface area contributed by atoms with Crippen molar-refractivity contribution in [1.29, 1.82) is 0 Å². The SMILES string of the molecule is COC(=O)c1ccc(CNS(=O)(=O)CC(c2ccccc2)N2CCC(NC(=O)OC(C)(C)C)CC2)cc1. The molecule has 1 aliphatic rings. The van der Waals surface area contributed by atoms with Gasteiger partial charge in [-0.2, -0.15) is 0 Å². The van der Waals surface area contributed by atoms with Crippen molar-refractivity contribution in [2.24, 2.45) is 0 Å². The summed E-state index contributed by atoms with van der Waals surface area (Å²) in [5.41, 5.74) is 1.51. The van der Waals surface area contributed by atoms with Crippen LogP contribution in [0.3, 0.4) is 0 Å². The summed E-state index contributed by atoms with van der Waals surface area (Å²) in [4.78, 5) is 25.9. The quantitative estimate of drug-likeness (QED) is 0.475. The lowest BCUT2D eigenvalue weighted by Gasteiger charge is -2.38. The molecule has 202 valence electrons. The molecule has 1 unspecified atom stereocenters. The lowest BCUT2D eigenvalue weighted by atomic mass is 10.0. The van der Waals surface area contributed by atoms with Crippen LogP contribution in [0.4, 0.5) is 4.79 Å². The van der Waals surface area contributed by atoms with Crippen LogP contribution in [0.25, 0.3) is 0 Å². The zero-order valence-electron chi connectivity index (χ0n) is 21.9. The summed E-state index contributed by atoms with van der Waals surface area (Å²) < 4.78 is 39.0. The first-order valence-electron chi connectivity index (χ1n) is 12.4. The molecule has 0 aromatic heterocycles. The highest BCUT2D eigenvalue weighted by Gasteiger charge is 2.31. The Hall–Kier alpha value is -2.95. The molecule has 0 aliphatic carbocycles. The smallest absolute Gasteiger partial charge is 0.407 e. The Labute approximate surface area is 219 Å². The molecule has 9 nitrogen and oxygen atoms in total. The molecule has 10 heteroatoms. The van der Waals surface area contributed by atoms with Crippen molar-refractivity contribution in [2.75, 3.05) is 26.0 Å². The number of benzene rings is 2. The molecule has 2 aromatic rings. The predicted molar refractivity (Wildman–Crippen MR) is 142 cm³/mol. The predicted octanol–water partition coefficient (Wildman–Crippen LogP) is 3.62. The van der Waals surface area contributed by atoms with Crippen LogP contribution >= 0.6 is 0 Å². The fourth-order valence-corrected chi connectivity index (χ4v) is 5.58. The summed E-state index contributed by atoms with van der Waals surface area (Å²) >= 11 is 0. The Kier molecular flexibility index (Phi) is 9.69. The van der Waals surface area contributed by atoms with Crippen LogP contribution < -0.4 is 10.0 Å². The molecule has 1 atom stereocenters. The minimum Gasteiger partial charge on any atom is -0.465 e. The summed E-state index contributed by atoms with van der Waals surface area (Å²) in [6.45, 7) is 6.88. The molecule has 0 radical (unpaired) electrons. The van der Waals surface area contributed by atoms with Gasteiger partial charge in [0.2, 0.25) is 10.0 Å². The number of piperidine rings is 1. The topological polar surface area (TPSA) is 114 Å². The first-order valence-corrected chi connectivity index (χ1v) is 14.0. The first-order chi connectivity index (χ1) is 17.5. The van der Waals surface area contributed by atoms with Gasteiger partial charge >= 0.3 is 12.1 Å². The number of nitrogens with one attached hydrogen (secondary N) is 2. The van der Waals surface area contributed by atoms with Gasteiger partial charge < -0.3 is 14.8 Å². The van der Waals surface area contributed by atoms with E-state index < -0.39 is 27.7 Å². The van der Waals surface area contributed by atoms with Crippen LogP contribution in [0.1, 0.15) is 61.1 Å². The molecule has 1 fully saturated rings. The van der Waals surface area contributed by atoms with Gasteiger partial charge in [-0.15, -0.1) is 0 Å². The number of carbonyl (C=O) groups excluding carboxylic acids is 2. The van der Waals surface area contributed by atoms with E-state index in [1.165, 1.54) is 7.11 Å². The Balaban J connectivity index is 1.62. The average Bonchev–Trinajstić information content (AvgIpc) is 2.86. The van der Waals surface area contributed by atoms with Crippen molar-refractivity contribution in [1.82, 2.24) is 14.9 Å². The highest BCUT2D eigenvalue weighted by Crippen LogP contribution is 2.26. The van der Waals surface area contributed by atoms with Gasteiger partial charge in [0.1, 0.15) is 5.60 Å². The number of sulfonamides is 1. The normalized spacial score (nSPS) is 16.1. The van der Waals surface area contributed by atoms with E-state index in [1.54, 1.807) is 24.3 Å². The van der Waals surface area contributed by atoms with Gasteiger partial charge in [-0.1, -0.05) is 42.5 Å². The number of hydrogen-bond acceptors (Lipinski definition) is 7. The molecule has 2 N–H and O–H groups in total. The minimum atomic E-state index is -3.63. The lowest BCUT2D eigenvalue weighted by Crippen LogP contribution is -2.48. The summed E-state index contributed by atoms with van der Waals surface area (Å²) in [5, 5.41) is 2.93. The molecule has 2 aromatic carbocycles. The van der Waals surface area contributed by atoms with E-state index in [4.69, 9.17) is 9.47 Å². The standard InChI is InChI=1S/C27H37N3O6S/c1-27(2,3)36-26(32)29-23-14-16-30(17-15-23)24(21-8-6-5-7-9-21)19-37(33,34)28-18-20-10-12-22(13-11-20)25(31)35-4/h5-13,23-24,28H,14-19H2,1-4H3,(H,29,32). The Morgan fingerprint density at radius 1 is 1.03 bits per heavy atom. The lowest BCUT2D eigenvalue weighted by molar-refractivity contribution is 0.0470. The zero-order chi connectivity index (χ0) is 27.1. The number of carbonyl (C=O) groups is 2. The van der Waals surface area contributed by atoms with E-state index in [2.05, 4.69) is 14.9 Å². The van der Waals surface area contributed by atoms with Gasteiger partial charge in [0, 0.05) is 25.7 Å². The molecule has 1 heterocycles. The molecule has 1 aliphatic heterocycles. The number of likely N-dealkylation sites (tertiary alicyclic amines) is 1. The van der Waals surface area contributed by atoms with Gasteiger partial charge in [0.15, 0.2) is 0 Å². The molecular weight excluding hydrogens is 494 g/mol. The fourth-order valence-electron chi connectivity index (χ4n) is 4.25. The molecule has 3 rings (SSSR count). The Bertz CT molecular complexity index is 1140. The number of rotatable bonds is 9. The van der Waals surface area contributed by atoms with Crippen molar-refractivity contribution < 1.29 is 27.5 Å². The van der Waals surface area contributed by atoms with Crippen molar-refractivity contribution in [3.8, 4) is 0 Å². The summed E-state index contributed by atoms with van der Waals surface area (Å²) in [5.74, 6) is -0.538. The third-order valence-corrected chi connectivity index (χ3v) is 7.46. The second kappa shape index (κ2) is 12.5. The maximum Gasteiger partial charge on any atom is 0.407 e. The van der Waals surface area contributed by atoms with Crippen LogP contribution in [0.2, 0.25) is 0 Å². The van der Waals surface area contributed by atoms with Gasteiger partial charge in [-0.05, 0) is 56.9 Å². The second-order valence-electron chi connectivity index (χ2n) is 10.2. The number of amides is 1. The van der Waals surface area contributed by atoms with E-state index >= 15 is 0 Å². The molecule has 0 saturated carbocycles. The maximum absolute atomic E-state index is 13.1. The highest BCUT2D eigenvalue weighted by molar-refractivity contribution is 7.89. The number of alkyl carbamates (subject to hydrolysis) is 1. The van der Waals surface area contributed by atoms with Crippen molar-refractivity contribution >= 4 is 22.1 Å². The van der Waals surface area contributed by atoms with Crippen molar-refractivity contribution in [3.05, 3.63) is 71.3 Å². The first kappa shape index (κ1) is 28.6. The number of hydrogen-bond donors (Lipinski definition) is 2. The third kappa shape index (κ3) is 9.14. The molecule has 0 bridgehead atoms. The summed E-state index contributed by atoms with van der Waals surface area (Å²) in [7, 11) is -2.32. The van der Waals surface area contributed by atoms with Gasteiger partial charge in [-0.25, -0.2) is 22.7 Å². The Morgan fingerprint density at radius 3 is 2.22 bits per heavy atom. The van der Waals surface area contributed by atoms with Gasteiger partial charge in [0.05, 0.1) is 24.5 Å². The Morgan fingerprint density at radius 2 is 1.65 bits per heavy atom. The number of ether oxygens (including phenoxy) is 2. The van der Waals surface area contributed by atoms with E-state index in [0.29, 0.717) is 31.5 Å². The van der Waals surface area contributed by atoms with Gasteiger partial charge in [0.25, 0.3) is 0 Å². The van der Waals surface area contributed by atoms with Crippen LogP contribution in [-0.4, -0.2) is 63.0 Å². The summed E-state index contributed by atoms with van der Waals surface area (Å²) in [6.07, 6.45) is 0.961. The maximum atomic E-state index is 13.1. The number of methoxy groups -OCH3 is 1. The van der Waals surface area contributed by atoms with E-state index in [1.807, 2.05) is 51.1 Å². The third-order valence-electron chi connectivity index (χ3n) is 6.12. The zero-order valence-corrected chi connectivity index (χ0v) is 22.7. The van der Waals surface area contributed by atoms with Crippen LogP contribution in [0.5, 0.6) is 0 Å². The highest BCUT2D eigenvalue weighted by atomic mass is 32.2. The van der Waals surface area contributed by atoms with Crippen LogP contribution in [0, 0.1) is 0 Å². The molecule has 0 spiro atoms. The molecular formula is C27H37N3O6S. The van der Waals surface area contributed by atoms with Gasteiger partial charge in [-0.3, -0.25) is 4.90 Å². The molecule has 37 heavy (non-hydrogen) atoms. The van der Waals surface area contributed by atoms with E-state index in [0.717, 1.165) is 11.1 Å². The van der Waals surface area contributed by atoms with E-state index in [-0.39, 0.29) is 24.4 Å². The largest absolute Gasteiger partial charge is 0.465 e. The van der Waals surface area contributed by atoms with Crippen LogP contribution in [0.15, 0.2) is 54.6 Å². The van der Waals surface area contributed by atoms with Crippen molar-refractivity contribution in [2.45, 2.75) is 57.8 Å². The minimum absolute atomic E-state index is 0.0229. The van der Waals surface area contributed by atoms with Crippen molar-refractivity contribution in [3.63, 3.8) is 0 Å². The van der Waals surface area contributed by atoms with E-state index in [9.17, 15) is 18.0 Å². The van der Waals surface area contributed by atoms with Crippen LogP contribution in [-0.2, 0) is 26.0 Å². The fraction of sp³-hybridized carbons (Fsp3) is 0.481. The average molecular weight is 532 g/mol.